The van der Waals surface area contributed by atoms with E-state index in [2.05, 4.69) is 30.9 Å². The molecule has 3 rings (SSSR count). The van der Waals surface area contributed by atoms with Gasteiger partial charge in [0, 0.05) is 17.9 Å². The topological polar surface area (TPSA) is 9.23 Å². The van der Waals surface area contributed by atoms with Crippen LogP contribution in [-0.4, -0.2) is 12.5 Å². The zero-order chi connectivity index (χ0) is 14.7. The molecule has 0 amide bonds. The molecule has 2 heteroatoms. The summed E-state index contributed by atoms with van der Waals surface area (Å²) < 4.78 is 6.03. The molecule has 2 bridgehead atoms. The molecule has 2 saturated carbocycles. The van der Waals surface area contributed by atoms with E-state index >= 15 is 0 Å². The van der Waals surface area contributed by atoms with E-state index in [0.717, 1.165) is 42.1 Å². The molecule has 0 heterocycles. The molecule has 0 radical (unpaired) electrons. The van der Waals surface area contributed by atoms with Crippen molar-refractivity contribution in [3.05, 3.63) is 29.3 Å². The molecule has 0 aliphatic heterocycles. The van der Waals surface area contributed by atoms with E-state index < -0.39 is 0 Å². The van der Waals surface area contributed by atoms with Gasteiger partial charge in [0.05, 0.1) is 6.61 Å². The SMILES string of the molecule is Cc1cc(OCC2CC3CCC2C3)ccc1C#CCCCl. The van der Waals surface area contributed by atoms with Crippen LogP contribution in [0.25, 0.3) is 0 Å². The molecule has 2 aliphatic carbocycles. The van der Waals surface area contributed by atoms with Crippen LogP contribution in [0.15, 0.2) is 18.2 Å². The number of hydrogen-bond acceptors (Lipinski definition) is 1. The van der Waals surface area contributed by atoms with Gasteiger partial charge in [-0.15, -0.1) is 11.6 Å². The summed E-state index contributed by atoms with van der Waals surface area (Å²) in [5.74, 6) is 10.5. The van der Waals surface area contributed by atoms with E-state index in [4.69, 9.17) is 16.3 Å². The summed E-state index contributed by atoms with van der Waals surface area (Å²) in [4.78, 5) is 0. The van der Waals surface area contributed by atoms with Crippen LogP contribution in [-0.2, 0) is 0 Å². The Morgan fingerprint density at radius 3 is 2.86 bits per heavy atom. The van der Waals surface area contributed by atoms with Gasteiger partial charge in [-0.25, -0.2) is 0 Å². The molecule has 1 aromatic carbocycles. The summed E-state index contributed by atoms with van der Waals surface area (Å²) >= 11 is 5.64. The molecule has 21 heavy (non-hydrogen) atoms. The second-order valence-corrected chi connectivity index (χ2v) is 6.84. The first-order valence-electron chi connectivity index (χ1n) is 8.04. The molecule has 3 atom stereocenters. The Morgan fingerprint density at radius 2 is 2.19 bits per heavy atom. The number of rotatable bonds is 4. The largest absolute Gasteiger partial charge is 0.493 e. The standard InChI is InChI=1S/C19H23ClO/c1-14-10-19(8-7-16(14)4-2-3-9-20)21-13-18-12-15-5-6-17(18)11-15/h7-8,10,15,17-18H,3,5-6,9,11-13H2,1H3. The van der Waals surface area contributed by atoms with E-state index in [1.54, 1.807) is 0 Å². The number of halogens is 1. The van der Waals surface area contributed by atoms with Crippen LogP contribution >= 0.6 is 11.6 Å². The number of alkyl halides is 1. The van der Waals surface area contributed by atoms with Gasteiger partial charge in [0.1, 0.15) is 5.75 Å². The van der Waals surface area contributed by atoms with Gasteiger partial charge in [-0.2, -0.15) is 0 Å². The minimum Gasteiger partial charge on any atom is -0.493 e. The Balaban J connectivity index is 1.57. The second kappa shape index (κ2) is 6.75. The lowest BCUT2D eigenvalue weighted by Crippen LogP contribution is -2.18. The fraction of sp³-hybridized carbons (Fsp3) is 0.579. The van der Waals surface area contributed by atoms with Crippen molar-refractivity contribution in [1.29, 1.82) is 0 Å². The average Bonchev–Trinajstić information content (AvgIpc) is 3.10. The van der Waals surface area contributed by atoms with E-state index in [1.165, 1.54) is 31.2 Å². The lowest BCUT2D eigenvalue weighted by atomic mass is 9.89. The maximum Gasteiger partial charge on any atom is 0.119 e. The van der Waals surface area contributed by atoms with Gasteiger partial charge in [0.2, 0.25) is 0 Å². The molecular formula is C19H23ClO. The zero-order valence-corrected chi connectivity index (χ0v) is 13.5. The second-order valence-electron chi connectivity index (χ2n) is 6.46. The highest BCUT2D eigenvalue weighted by Crippen LogP contribution is 2.48. The fourth-order valence-corrected chi connectivity index (χ4v) is 3.95. The number of fused-ring (bicyclic) bond motifs is 2. The van der Waals surface area contributed by atoms with Crippen molar-refractivity contribution in [3.8, 4) is 17.6 Å². The van der Waals surface area contributed by atoms with Crippen molar-refractivity contribution in [2.24, 2.45) is 17.8 Å². The van der Waals surface area contributed by atoms with E-state index in [0.29, 0.717) is 5.88 Å². The molecule has 0 saturated heterocycles. The molecule has 2 fully saturated rings. The summed E-state index contributed by atoms with van der Waals surface area (Å²) in [6.45, 7) is 2.98. The van der Waals surface area contributed by atoms with Crippen LogP contribution in [0.5, 0.6) is 5.75 Å². The highest BCUT2D eigenvalue weighted by atomic mass is 35.5. The molecule has 3 unspecified atom stereocenters. The Hall–Kier alpha value is -1.13. The fourth-order valence-electron chi connectivity index (χ4n) is 3.86. The van der Waals surface area contributed by atoms with Crippen molar-refractivity contribution in [2.75, 3.05) is 12.5 Å². The number of hydrogen-bond donors (Lipinski definition) is 0. The summed E-state index contributed by atoms with van der Waals surface area (Å²) in [6, 6.07) is 6.22. The summed E-state index contributed by atoms with van der Waals surface area (Å²) in [5, 5.41) is 0. The Morgan fingerprint density at radius 1 is 1.29 bits per heavy atom. The van der Waals surface area contributed by atoms with Crippen molar-refractivity contribution in [3.63, 3.8) is 0 Å². The third-order valence-electron chi connectivity index (χ3n) is 4.99. The van der Waals surface area contributed by atoms with Crippen LogP contribution in [0.2, 0.25) is 0 Å². The molecular weight excluding hydrogens is 280 g/mol. The number of benzene rings is 1. The van der Waals surface area contributed by atoms with Crippen molar-refractivity contribution < 1.29 is 4.74 Å². The predicted octanol–water partition coefficient (Wildman–Crippen LogP) is 4.79. The first-order valence-corrected chi connectivity index (χ1v) is 8.58. The molecule has 0 N–H and O–H groups in total. The quantitative estimate of drug-likeness (QED) is 0.574. The molecule has 0 spiro atoms. The third-order valence-corrected chi connectivity index (χ3v) is 5.18. The van der Waals surface area contributed by atoms with Crippen LogP contribution in [0.3, 0.4) is 0 Å². The van der Waals surface area contributed by atoms with Crippen LogP contribution in [0, 0.1) is 36.5 Å². The third kappa shape index (κ3) is 3.55. The Kier molecular flexibility index (Phi) is 4.76. The average molecular weight is 303 g/mol. The predicted molar refractivity (Wildman–Crippen MR) is 87.8 cm³/mol. The summed E-state index contributed by atoms with van der Waals surface area (Å²) in [5.41, 5.74) is 2.26. The number of ether oxygens (including phenoxy) is 1. The van der Waals surface area contributed by atoms with E-state index in [9.17, 15) is 0 Å². The summed E-state index contributed by atoms with van der Waals surface area (Å²) in [6.07, 6.45) is 6.44. The van der Waals surface area contributed by atoms with E-state index in [1.807, 2.05) is 6.07 Å². The maximum atomic E-state index is 6.03. The molecule has 1 aromatic rings. The van der Waals surface area contributed by atoms with Gasteiger partial charge in [-0.3, -0.25) is 0 Å². The van der Waals surface area contributed by atoms with Crippen LogP contribution in [0.1, 0.15) is 43.2 Å². The van der Waals surface area contributed by atoms with Crippen molar-refractivity contribution in [2.45, 2.75) is 39.0 Å². The monoisotopic (exact) mass is 302 g/mol. The first-order chi connectivity index (χ1) is 10.3. The minimum absolute atomic E-state index is 0.594. The first kappa shape index (κ1) is 14.8. The lowest BCUT2D eigenvalue weighted by Gasteiger charge is -2.21. The van der Waals surface area contributed by atoms with Crippen LogP contribution < -0.4 is 4.74 Å². The highest BCUT2D eigenvalue weighted by molar-refractivity contribution is 6.18. The van der Waals surface area contributed by atoms with Gasteiger partial charge in [0.25, 0.3) is 0 Å². The molecule has 0 aromatic heterocycles. The molecule has 1 nitrogen and oxygen atoms in total. The Labute approximate surface area is 133 Å². The molecule has 2 aliphatic rings. The van der Waals surface area contributed by atoms with Gasteiger partial charge in [0.15, 0.2) is 0 Å². The normalized spacial score (nSPS) is 26.5. The maximum absolute atomic E-state index is 6.03. The van der Waals surface area contributed by atoms with E-state index in [-0.39, 0.29) is 0 Å². The minimum atomic E-state index is 0.594. The highest BCUT2D eigenvalue weighted by Gasteiger charge is 2.39. The Bertz CT molecular complexity index is 554. The smallest absolute Gasteiger partial charge is 0.119 e. The lowest BCUT2D eigenvalue weighted by molar-refractivity contribution is 0.195. The van der Waals surface area contributed by atoms with Gasteiger partial charge in [-0.1, -0.05) is 18.3 Å². The van der Waals surface area contributed by atoms with Crippen LogP contribution in [0.4, 0.5) is 0 Å². The number of aryl methyl sites for hydroxylation is 1. The zero-order valence-electron chi connectivity index (χ0n) is 12.7. The summed E-state index contributed by atoms with van der Waals surface area (Å²) in [7, 11) is 0. The van der Waals surface area contributed by atoms with Crippen molar-refractivity contribution >= 4 is 11.6 Å². The van der Waals surface area contributed by atoms with Crippen molar-refractivity contribution in [1.82, 2.24) is 0 Å². The van der Waals surface area contributed by atoms with Gasteiger partial charge in [-0.05, 0) is 67.7 Å². The molecule has 112 valence electrons. The van der Waals surface area contributed by atoms with Gasteiger partial charge >= 0.3 is 0 Å². The van der Waals surface area contributed by atoms with Gasteiger partial charge < -0.3 is 4.74 Å².